The van der Waals surface area contributed by atoms with E-state index in [1.54, 1.807) is 0 Å². The Hall–Kier alpha value is -2.24. The number of halogens is 1. The van der Waals surface area contributed by atoms with Crippen molar-refractivity contribution in [3.63, 3.8) is 0 Å². The maximum atomic E-state index is 13.6. The number of nitrogen functional groups attached to an aromatic ring is 1. The summed E-state index contributed by atoms with van der Waals surface area (Å²) in [5.41, 5.74) is 7.24. The first-order valence-electron chi connectivity index (χ1n) is 7.16. The van der Waals surface area contributed by atoms with Crippen LogP contribution in [0.3, 0.4) is 0 Å². The van der Waals surface area contributed by atoms with Crippen molar-refractivity contribution < 1.29 is 4.39 Å². The van der Waals surface area contributed by atoms with Crippen molar-refractivity contribution in [1.82, 2.24) is 15.0 Å². The lowest BCUT2D eigenvalue weighted by molar-refractivity contribution is 0.568. The Bertz CT molecular complexity index is 632. The molecule has 0 unspecified atom stereocenters. The molecule has 1 aromatic heterocycles. The number of piperidine rings is 1. The van der Waals surface area contributed by atoms with Crippen molar-refractivity contribution in [2.45, 2.75) is 26.2 Å². The third-order valence-corrected chi connectivity index (χ3v) is 3.58. The number of hydrogen-bond acceptors (Lipinski definition) is 5. The lowest BCUT2D eigenvalue weighted by Gasteiger charge is -2.26. The first-order valence-corrected chi connectivity index (χ1v) is 7.16. The van der Waals surface area contributed by atoms with Gasteiger partial charge in [0.25, 0.3) is 0 Å². The number of rotatable bonds is 2. The number of anilines is 2. The Balaban J connectivity index is 2.00. The van der Waals surface area contributed by atoms with Gasteiger partial charge in [-0.2, -0.15) is 15.0 Å². The van der Waals surface area contributed by atoms with Crippen LogP contribution in [0.25, 0.3) is 11.4 Å². The average Bonchev–Trinajstić information content (AvgIpc) is 2.46. The molecule has 1 aliphatic heterocycles. The van der Waals surface area contributed by atoms with Gasteiger partial charge >= 0.3 is 0 Å². The Morgan fingerprint density at radius 2 is 1.81 bits per heavy atom. The van der Waals surface area contributed by atoms with Crippen LogP contribution in [-0.2, 0) is 0 Å². The Morgan fingerprint density at radius 1 is 1.05 bits per heavy atom. The van der Waals surface area contributed by atoms with E-state index in [0.29, 0.717) is 17.3 Å². The second-order valence-electron chi connectivity index (χ2n) is 5.38. The minimum atomic E-state index is -0.302. The molecule has 21 heavy (non-hydrogen) atoms. The SMILES string of the molecule is Cc1cc(F)cc(-c2nc(N)nc(N3CCCCC3)n2)c1. The van der Waals surface area contributed by atoms with E-state index < -0.39 is 0 Å². The highest BCUT2D eigenvalue weighted by molar-refractivity contribution is 5.59. The molecule has 0 amide bonds. The minimum absolute atomic E-state index is 0.169. The summed E-state index contributed by atoms with van der Waals surface area (Å²) in [5, 5.41) is 0. The molecular weight excluding hydrogens is 269 g/mol. The average molecular weight is 287 g/mol. The molecule has 6 heteroatoms. The summed E-state index contributed by atoms with van der Waals surface area (Å²) >= 11 is 0. The molecule has 5 nitrogen and oxygen atoms in total. The van der Waals surface area contributed by atoms with Crippen molar-refractivity contribution in [2.24, 2.45) is 0 Å². The van der Waals surface area contributed by atoms with E-state index in [1.807, 2.05) is 13.0 Å². The molecule has 1 saturated heterocycles. The molecule has 0 bridgehead atoms. The van der Waals surface area contributed by atoms with Gasteiger partial charge in [0, 0.05) is 18.7 Å². The summed E-state index contributed by atoms with van der Waals surface area (Å²) in [4.78, 5) is 14.9. The normalized spacial score (nSPS) is 15.2. The second kappa shape index (κ2) is 5.63. The van der Waals surface area contributed by atoms with Crippen molar-refractivity contribution in [3.05, 3.63) is 29.6 Å². The number of benzene rings is 1. The number of nitrogens with two attached hydrogens (primary N) is 1. The summed E-state index contributed by atoms with van der Waals surface area (Å²) in [6, 6.07) is 4.74. The smallest absolute Gasteiger partial charge is 0.230 e. The largest absolute Gasteiger partial charge is 0.368 e. The standard InChI is InChI=1S/C15H18FN5/c1-10-7-11(9-12(16)8-10)13-18-14(17)20-15(19-13)21-5-3-2-4-6-21/h7-9H,2-6H2,1H3,(H2,17,18,19,20). The van der Waals surface area contributed by atoms with Crippen LogP contribution >= 0.6 is 0 Å². The fourth-order valence-electron chi connectivity index (χ4n) is 2.61. The van der Waals surface area contributed by atoms with E-state index in [9.17, 15) is 4.39 Å². The summed E-state index contributed by atoms with van der Waals surface area (Å²) in [5.74, 6) is 0.871. The molecule has 0 spiro atoms. The van der Waals surface area contributed by atoms with Crippen LogP contribution in [0.2, 0.25) is 0 Å². The highest BCUT2D eigenvalue weighted by Gasteiger charge is 2.16. The summed E-state index contributed by atoms with van der Waals surface area (Å²) in [7, 11) is 0. The van der Waals surface area contributed by atoms with Crippen LogP contribution in [0.15, 0.2) is 18.2 Å². The van der Waals surface area contributed by atoms with Crippen LogP contribution in [0.5, 0.6) is 0 Å². The lowest BCUT2D eigenvalue weighted by Crippen LogP contribution is -2.31. The Kier molecular flexibility index (Phi) is 3.68. The van der Waals surface area contributed by atoms with Gasteiger partial charge in [-0.25, -0.2) is 4.39 Å². The molecule has 1 aliphatic rings. The predicted octanol–water partition coefficient (Wildman–Crippen LogP) is 2.56. The van der Waals surface area contributed by atoms with Crippen LogP contribution in [-0.4, -0.2) is 28.0 Å². The third-order valence-electron chi connectivity index (χ3n) is 3.58. The molecule has 0 saturated carbocycles. The third kappa shape index (κ3) is 3.09. The zero-order valence-corrected chi connectivity index (χ0v) is 12.0. The van der Waals surface area contributed by atoms with Gasteiger partial charge in [-0.15, -0.1) is 0 Å². The van der Waals surface area contributed by atoms with Crippen LogP contribution < -0.4 is 10.6 Å². The van der Waals surface area contributed by atoms with Crippen molar-refractivity contribution in [3.8, 4) is 11.4 Å². The highest BCUT2D eigenvalue weighted by atomic mass is 19.1. The molecule has 0 aliphatic carbocycles. The molecule has 2 heterocycles. The predicted molar refractivity (Wildman–Crippen MR) is 80.4 cm³/mol. The van der Waals surface area contributed by atoms with E-state index in [-0.39, 0.29) is 11.8 Å². The zero-order valence-electron chi connectivity index (χ0n) is 12.0. The Morgan fingerprint density at radius 3 is 2.52 bits per heavy atom. The summed E-state index contributed by atoms with van der Waals surface area (Å²) in [6.07, 6.45) is 3.48. The molecule has 1 aromatic carbocycles. The quantitative estimate of drug-likeness (QED) is 0.919. The van der Waals surface area contributed by atoms with Gasteiger partial charge in [-0.3, -0.25) is 0 Å². The van der Waals surface area contributed by atoms with E-state index in [2.05, 4.69) is 19.9 Å². The maximum absolute atomic E-state index is 13.6. The number of aryl methyl sites for hydroxylation is 1. The molecule has 110 valence electrons. The van der Waals surface area contributed by atoms with E-state index in [0.717, 1.165) is 31.5 Å². The van der Waals surface area contributed by atoms with Crippen LogP contribution in [0.1, 0.15) is 24.8 Å². The number of hydrogen-bond donors (Lipinski definition) is 1. The Labute approximate surface area is 123 Å². The molecule has 2 N–H and O–H groups in total. The van der Waals surface area contributed by atoms with Gasteiger partial charge in [0.1, 0.15) is 5.82 Å². The fourth-order valence-corrected chi connectivity index (χ4v) is 2.61. The maximum Gasteiger partial charge on any atom is 0.230 e. The highest BCUT2D eigenvalue weighted by Crippen LogP contribution is 2.22. The van der Waals surface area contributed by atoms with Gasteiger partial charge in [-0.05, 0) is 49.9 Å². The van der Waals surface area contributed by atoms with E-state index in [1.165, 1.54) is 18.6 Å². The minimum Gasteiger partial charge on any atom is -0.368 e. The molecule has 0 atom stereocenters. The van der Waals surface area contributed by atoms with Gasteiger partial charge in [0.15, 0.2) is 5.82 Å². The van der Waals surface area contributed by atoms with Gasteiger partial charge < -0.3 is 10.6 Å². The van der Waals surface area contributed by atoms with Gasteiger partial charge in [0.2, 0.25) is 11.9 Å². The molecule has 3 rings (SSSR count). The van der Waals surface area contributed by atoms with E-state index in [4.69, 9.17) is 5.73 Å². The lowest BCUT2D eigenvalue weighted by atomic mass is 10.1. The first-order chi connectivity index (χ1) is 10.1. The number of nitrogens with zero attached hydrogens (tertiary/aromatic N) is 4. The zero-order chi connectivity index (χ0) is 14.8. The molecule has 2 aromatic rings. The first kappa shape index (κ1) is 13.7. The topological polar surface area (TPSA) is 67.9 Å². The molecule has 1 fully saturated rings. The summed E-state index contributed by atoms with van der Waals surface area (Å²) in [6.45, 7) is 3.68. The van der Waals surface area contributed by atoms with Crippen molar-refractivity contribution >= 4 is 11.9 Å². The van der Waals surface area contributed by atoms with Crippen LogP contribution in [0, 0.1) is 12.7 Å². The molecule has 0 radical (unpaired) electrons. The second-order valence-corrected chi connectivity index (χ2v) is 5.38. The van der Waals surface area contributed by atoms with Gasteiger partial charge in [0.05, 0.1) is 0 Å². The molecular formula is C15H18FN5. The monoisotopic (exact) mass is 287 g/mol. The number of aromatic nitrogens is 3. The summed E-state index contributed by atoms with van der Waals surface area (Å²) < 4.78 is 13.6. The van der Waals surface area contributed by atoms with E-state index >= 15 is 0 Å². The van der Waals surface area contributed by atoms with Gasteiger partial charge in [-0.1, -0.05) is 0 Å². The fraction of sp³-hybridized carbons (Fsp3) is 0.400. The van der Waals surface area contributed by atoms with Crippen molar-refractivity contribution in [2.75, 3.05) is 23.7 Å². The van der Waals surface area contributed by atoms with Crippen molar-refractivity contribution in [1.29, 1.82) is 0 Å². The van der Waals surface area contributed by atoms with Crippen LogP contribution in [0.4, 0.5) is 16.3 Å².